The number of hydrogen-bond donors (Lipinski definition) is 3. The number of hydrogen-bond acceptors (Lipinski definition) is 5. The molecule has 0 aromatic heterocycles. The number of amides is 2. The molecule has 0 spiro atoms. The number of fused-ring (bicyclic) bond motifs is 1. The Morgan fingerprint density at radius 1 is 1.00 bits per heavy atom. The summed E-state index contributed by atoms with van der Waals surface area (Å²) in [6, 6.07) is 18.2. The summed E-state index contributed by atoms with van der Waals surface area (Å²) in [5, 5.41) is 4.36. The summed E-state index contributed by atoms with van der Waals surface area (Å²) in [5.41, 5.74) is 5.24. The van der Waals surface area contributed by atoms with Crippen molar-refractivity contribution in [1.29, 1.82) is 0 Å². The third kappa shape index (κ3) is 5.46. The van der Waals surface area contributed by atoms with Gasteiger partial charge in [-0.25, -0.2) is 0 Å². The second-order valence-corrected chi connectivity index (χ2v) is 7.33. The fourth-order valence-electron chi connectivity index (χ4n) is 2.64. The lowest BCUT2D eigenvalue weighted by atomic mass is 10.1. The van der Waals surface area contributed by atoms with Crippen LogP contribution in [0, 0.1) is 0 Å². The molecule has 3 rings (SSSR count). The van der Waals surface area contributed by atoms with Crippen LogP contribution in [0.15, 0.2) is 65.1 Å². The average Bonchev–Trinajstić information content (AvgIpc) is 2.76. The maximum absolute atomic E-state index is 12.2. The molecule has 154 valence electrons. The van der Waals surface area contributed by atoms with Crippen LogP contribution in [-0.2, 0) is 4.79 Å². The molecule has 0 aliphatic rings. The summed E-state index contributed by atoms with van der Waals surface area (Å²) in [6.07, 6.45) is 0. The molecule has 0 bridgehead atoms. The van der Waals surface area contributed by atoms with E-state index < -0.39 is 11.8 Å². The highest BCUT2D eigenvalue weighted by atomic mass is 79.9. The van der Waals surface area contributed by atoms with E-state index in [1.54, 1.807) is 24.3 Å². The number of benzene rings is 3. The first kappa shape index (κ1) is 21.5. The average molecular weight is 488 g/mol. The van der Waals surface area contributed by atoms with Gasteiger partial charge < -0.3 is 9.47 Å². The molecule has 0 fully saturated rings. The zero-order valence-corrected chi connectivity index (χ0v) is 18.3. The van der Waals surface area contributed by atoms with E-state index in [-0.39, 0.29) is 11.7 Å². The number of ether oxygens (including phenoxy) is 2. The molecule has 0 saturated carbocycles. The summed E-state index contributed by atoms with van der Waals surface area (Å²) < 4.78 is 11.4. The Bertz CT molecular complexity index is 1100. The first-order chi connectivity index (χ1) is 14.5. The van der Waals surface area contributed by atoms with Crippen molar-refractivity contribution in [2.45, 2.75) is 0 Å². The van der Waals surface area contributed by atoms with E-state index in [9.17, 15) is 9.59 Å². The van der Waals surface area contributed by atoms with Gasteiger partial charge in [0, 0.05) is 10.9 Å². The molecule has 0 radical (unpaired) electrons. The molecule has 0 aliphatic carbocycles. The molecule has 2 amide bonds. The predicted octanol–water partition coefficient (Wildman–Crippen LogP) is 3.33. The quantitative estimate of drug-likeness (QED) is 0.377. The van der Waals surface area contributed by atoms with Crippen molar-refractivity contribution in [3.63, 3.8) is 0 Å². The SMILES string of the molecule is COc1ccc(C(=O)NC(=S)NNC(=O)COc2cccc3ccccc23)cc1Br. The van der Waals surface area contributed by atoms with E-state index in [4.69, 9.17) is 21.7 Å². The topological polar surface area (TPSA) is 88.7 Å². The van der Waals surface area contributed by atoms with Gasteiger partial charge in [0.05, 0.1) is 11.6 Å². The van der Waals surface area contributed by atoms with E-state index in [0.717, 1.165) is 10.8 Å². The summed E-state index contributed by atoms with van der Waals surface area (Å²) >= 11 is 8.35. The van der Waals surface area contributed by atoms with Crippen LogP contribution in [-0.4, -0.2) is 30.6 Å². The number of halogens is 1. The normalized spacial score (nSPS) is 10.2. The van der Waals surface area contributed by atoms with E-state index in [1.807, 2.05) is 36.4 Å². The molecule has 30 heavy (non-hydrogen) atoms. The third-order valence-electron chi connectivity index (χ3n) is 4.06. The van der Waals surface area contributed by atoms with Gasteiger partial charge in [0.25, 0.3) is 11.8 Å². The highest BCUT2D eigenvalue weighted by Gasteiger charge is 2.11. The lowest BCUT2D eigenvalue weighted by Crippen LogP contribution is -2.49. The van der Waals surface area contributed by atoms with Crippen molar-refractivity contribution in [2.24, 2.45) is 0 Å². The zero-order valence-electron chi connectivity index (χ0n) is 15.9. The molecule has 9 heteroatoms. The van der Waals surface area contributed by atoms with Gasteiger partial charge in [0.1, 0.15) is 11.5 Å². The molecule has 7 nitrogen and oxygen atoms in total. The molecular formula is C21H18BrN3O4S. The van der Waals surface area contributed by atoms with Crippen LogP contribution in [0.2, 0.25) is 0 Å². The number of carbonyl (C=O) groups is 2. The molecule has 0 atom stereocenters. The minimum absolute atomic E-state index is 0.0505. The van der Waals surface area contributed by atoms with Gasteiger partial charge in [0.15, 0.2) is 11.7 Å². The van der Waals surface area contributed by atoms with Gasteiger partial charge in [-0.3, -0.25) is 25.8 Å². The number of hydrazine groups is 1. The lowest BCUT2D eigenvalue weighted by Gasteiger charge is -2.12. The van der Waals surface area contributed by atoms with Crippen LogP contribution >= 0.6 is 28.1 Å². The second-order valence-electron chi connectivity index (χ2n) is 6.07. The van der Waals surface area contributed by atoms with Gasteiger partial charge in [-0.15, -0.1) is 0 Å². The van der Waals surface area contributed by atoms with Crippen molar-refractivity contribution < 1.29 is 19.1 Å². The van der Waals surface area contributed by atoms with Crippen molar-refractivity contribution in [2.75, 3.05) is 13.7 Å². The monoisotopic (exact) mass is 487 g/mol. The molecule has 0 aliphatic heterocycles. The molecule has 3 N–H and O–H groups in total. The van der Waals surface area contributed by atoms with Crippen LogP contribution in [0.25, 0.3) is 10.8 Å². The zero-order chi connectivity index (χ0) is 21.5. The maximum atomic E-state index is 12.2. The van der Waals surface area contributed by atoms with Crippen LogP contribution in [0.3, 0.4) is 0 Å². The number of thiocarbonyl (C=S) groups is 1. The fraction of sp³-hybridized carbons (Fsp3) is 0.0952. The Morgan fingerprint density at radius 3 is 2.53 bits per heavy atom. The van der Waals surface area contributed by atoms with Crippen molar-refractivity contribution in [3.8, 4) is 11.5 Å². The van der Waals surface area contributed by atoms with E-state index >= 15 is 0 Å². The Morgan fingerprint density at radius 2 is 1.77 bits per heavy atom. The Hall–Kier alpha value is -3.17. The summed E-state index contributed by atoms with van der Waals surface area (Å²) in [6.45, 7) is -0.219. The van der Waals surface area contributed by atoms with E-state index in [1.165, 1.54) is 7.11 Å². The van der Waals surface area contributed by atoms with Crippen molar-refractivity contribution in [1.82, 2.24) is 16.2 Å². The van der Waals surface area contributed by atoms with Gasteiger partial charge >= 0.3 is 0 Å². The van der Waals surface area contributed by atoms with E-state index in [2.05, 4.69) is 32.1 Å². The minimum Gasteiger partial charge on any atom is -0.496 e. The molecule has 3 aromatic carbocycles. The number of nitrogens with one attached hydrogen (secondary N) is 3. The van der Waals surface area contributed by atoms with E-state index in [0.29, 0.717) is 21.5 Å². The minimum atomic E-state index is -0.452. The van der Waals surface area contributed by atoms with Gasteiger partial charge in [-0.2, -0.15) is 0 Å². The number of rotatable bonds is 5. The molecule has 0 unspecified atom stereocenters. The first-order valence-corrected chi connectivity index (χ1v) is 10.0. The highest BCUT2D eigenvalue weighted by molar-refractivity contribution is 9.10. The lowest BCUT2D eigenvalue weighted by molar-refractivity contribution is -0.123. The van der Waals surface area contributed by atoms with Gasteiger partial charge in [-0.1, -0.05) is 36.4 Å². The number of carbonyl (C=O) groups excluding carboxylic acids is 2. The molecule has 3 aromatic rings. The Labute approximate surface area is 186 Å². The van der Waals surface area contributed by atoms with Crippen molar-refractivity contribution >= 4 is 55.8 Å². The van der Waals surface area contributed by atoms with Crippen LogP contribution in [0.4, 0.5) is 0 Å². The Balaban J connectivity index is 1.48. The largest absolute Gasteiger partial charge is 0.496 e. The number of methoxy groups -OCH3 is 1. The molecule has 0 saturated heterocycles. The van der Waals surface area contributed by atoms with Crippen LogP contribution in [0.5, 0.6) is 11.5 Å². The van der Waals surface area contributed by atoms with Gasteiger partial charge in [0.2, 0.25) is 0 Å². The summed E-state index contributed by atoms with van der Waals surface area (Å²) in [7, 11) is 1.53. The second kappa shape index (κ2) is 10.0. The third-order valence-corrected chi connectivity index (χ3v) is 4.89. The fourth-order valence-corrected chi connectivity index (χ4v) is 3.33. The molecular weight excluding hydrogens is 470 g/mol. The highest BCUT2D eigenvalue weighted by Crippen LogP contribution is 2.26. The predicted molar refractivity (Wildman–Crippen MR) is 121 cm³/mol. The first-order valence-electron chi connectivity index (χ1n) is 8.82. The van der Waals surface area contributed by atoms with Crippen molar-refractivity contribution in [3.05, 3.63) is 70.7 Å². The molecule has 0 heterocycles. The smallest absolute Gasteiger partial charge is 0.276 e. The van der Waals surface area contributed by atoms with Crippen LogP contribution in [0.1, 0.15) is 10.4 Å². The summed E-state index contributed by atoms with van der Waals surface area (Å²) in [5.74, 6) is 0.318. The standard InChI is InChI=1S/C21H18BrN3O4S/c1-28-18-10-9-14(11-16(18)22)20(27)23-21(30)25-24-19(26)12-29-17-8-4-6-13-5-2-3-7-15(13)17/h2-11H,12H2,1H3,(H,24,26)(H2,23,25,27,30). The van der Waals surface area contributed by atoms with Crippen LogP contribution < -0.4 is 25.6 Å². The summed E-state index contributed by atoms with van der Waals surface area (Å²) in [4.78, 5) is 24.3. The van der Waals surface area contributed by atoms with Gasteiger partial charge in [-0.05, 0) is 57.8 Å². The maximum Gasteiger partial charge on any atom is 0.276 e. The Kier molecular flexibility index (Phi) is 7.21.